The highest BCUT2D eigenvalue weighted by Gasteiger charge is 2.45. The van der Waals surface area contributed by atoms with Crippen LogP contribution in [0.2, 0.25) is 0 Å². The summed E-state index contributed by atoms with van der Waals surface area (Å²) in [6.07, 6.45) is 3.68. The average molecular weight is 254 g/mol. The molecule has 0 aromatic heterocycles. The van der Waals surface area contributed by atoms with Crippen molar-refractivity contribution in [3.8, 4) is 0 Å². The number of rotatable bonds is 3. The Kier molecular flexibility index (Phi) is 2.67. The highest BCUT2D eigenvalue weighted by molar-refractivity contribution is 9.10. The van der Waals surface area contributed by atoms with Crippen LogP contribution < -0.4 is 5.73 Å². The SMILES string of the molecule is CC(N)C1(Cc2ccccc2Br)CC1. The molecule has 0 heterocycles. The van der Waals surface area contributed by atoms with Crippen LogP contribution in [0.15, 0.2) is 28.7 Å². The molecule has 0 spiro atoms. The smallest absolute Gasteiger partial charge is 0.0207 e. The van der Waals surface area contributed by atoms with Gasteiger partial charge >= 0.3 is 0 Å². The summed E-state index contributed by atoms with van der Waals surface area (Å²) in [6, 6.07) is 8.75. The fourth-order valence-corrected chi connectivity index (χ4v) is 2.40. The van der Waals surface area contributed by atoms with Crippen LogP contribution >= 0.6 is 15.9 Å². The van der Waals surface area contributed by atoms with Crippen molar-refractivity contribution < 1.29 is 0 Å². The number of hydrogen-bond acceptors (Lipinski definition) is 1. The van der Waals surface area contributed by atoms with Gasteiger partial charge in [0.2, 0.25) is 0 Å². The van der Waals surface area contributed by atoms with E-state index in [0.717, 1.165) is 6.42 Å². The molecule has 0 radical (unpaired) electrons. The highest BCUT2D eigenvalue weighted by atomic mass is 79.9. The first-order valence-electron chi connectivity index (χ1n) is 5.13. The molecule has 1 aromatic carbocycles. The number of halogens is 1. The zero-order valence-electron chi connectivity index (χ0n) is 8.46. The zero-order valence-corrected chi connectivity index (χ0v) is 10.0. The summed E-state index contributed by atoms with van der Waals surface area (Å²) in [5.74, 6) is 0. The topological polar surface area (TPSA) is 26.0 Å². The van der Waals surface area contributed by atoms with Crippen LogP contribution in [0.3, 0.4) is 0 Å². The fraction of sp³-hybridized carbons (Fsp3) is 0.500. The summed E-state index contributed by atoms with van der Waals surface area (Å²) in [5.41, 5.74) is 7.80. The van der Waals surface area contributed by atoms with E-state index in [-0.39, 0.29) is 0 Å². The van der Waals surface area contributed by atoms with E-state index < -0.39 is 0 Å². The van der Waals surface area contributed by atoms with Crippen molar-refractivity contribution in [1.82, 2.24) is 0 Å². The van der Waals surface area contributed by atoms with Crippen LogP contribution in [-0.2, 0) is 6.42 Å². The molecule has 2 N–H and O–H groups in total. The molecule has 76 valence electrons. The molecule has 1 nitrogen and oxygen atoms in total. The molecule has 1 aliphatic carbocycles. The summed E-state index contributed by atoms with van der Waals surface area (Å²) < 4.78 is 1.21. The number of benzene rings is 1. The molecule has 1 unspecified atom stereocenters. The predicted octanol–water partition coefficient (Wildman–Crippen LogP) is 3.12. The highest BCUT2D eigenvalue weighted by Crippen LogP contribution is 2.51. The fourth-order valence-electron chi connectivity index (χ4n) is 1.97. The van der Waals surface area contributed by atoms with Crippen LogP contribution in [0, 0.1) is 5.41 Å². The average Bonchev–Trinajstić information content (AvgIpc) is 2.90. The monoisotopic (exact) mass is 253 g/mol. The Bertz CT molecular complexity index is 329. The quantitative estimate of drug-likeness (QED) is 0.881. The van der Waals surface area contributed by atoms with Gasteiger partial charge in [0.15, 0.2) is 0 Å². The third kappa shape index (κ3) is 1.86. The summed E-state index contributed by atoms with van der Waals surface area (Å²) in [6.45, 7) is 2.13. The van der Waals surface area contributed by atoms with E-state index in [1.807, 2.05) is 0 Å². The van der Waals surface area contributed by atoms with Crippen molar-refractivity contribution in [2.24, 2.45) is 11.1 Å². The minimum absolute atomic E-state index is 0.314. The molecule has 1 saturated carbocycles. The Morgan fingerprint density at radius 1 is 1.43 bits per heavy atom. The molecule has 0 aliphatic heterocycles. The normalized spacial score (nSPS) is 20.5. The minimum atomic E-state index is 0.314. The number of hydrogen-bond donors (Lipinski definition) is 1. The lowest BCUT2D eigenvalue weighted by molar-refractivity contribution is 0.418. The van der Waals surface area contributed by atoms with E-state index >= 15 is 0 Å². The molecule has 1 aliphatic rings. The van der Waals surface area contributed by atoms with E-state index in [1.165, 1.54) is 22.9 Å². The van der Waals surface area contributed by atoms with Crippen LogP contribution in [0.1, 0.15) is 25.3 Å². The van der Waals surface area contributed by atoms with E-state index in [2.05, 4.69) is 47.1 Å². The minimum Gasteiger partial charge on any atom is -0.327 e. The molecule has 1 atom stereocenters. The van der Waals surface area contributed by atoms with Crippen LogP contribution in [0.4, 0.5) is 0 Å². The first-order valence-corrected chi connectivity index (χ1v) is 5.92. The lowest BCUT2D eigenvalue weighted by Gasteiger charge is -2.20. The second kappa shape index (κ2) is 3.67. The Morgan fingerprint density at radius 3 is 2.57 bits per heavy atom. The molecule has 14 heavy (non-hydrogen) atoms. The van der Waals surface area contributed by atoms with Crippen molar-refractivity contribution in [2.75, 3.05) is 0 Å². The second-order valence-corrected chi connectivity index (χ2v) is 5.27. The summed E-state index contributed by atoms with van der Waals surface area (Å²) in [4.78, 5) is 0. The van der Waals surface area contributed by atoms with Gasteiger partial charge in [0.1, 0.15) is 0 Å². The van der Waals surface area contributed by atoms with Gasteiger partial charge in [-0.15, -0.1) is 0 Å². The van der Waals surface area contributed by atoms with Crippen molar-refractivity contribution in [3.05, 3.63) is 34.3 Å². The maximum Gasteiger partial charge on any atom is 0.0207 e. The Hall–Kier alpha value is -0.340. The maximum atomic E-state index is 6.02. The van der Waals surface area contributed by atoms with Gasteiger partial charge in [-0.3, -0.25) is 0 Å². The van der Waals surface area contributed by atoms with Crippen LogP contribution in [-0.4, -0.2) is 6.04 Å². The standard InChI is InChI=1S/C12H16BrN/c1-9(14)12(6-7-12)8-10-4-2-3-5-11(10)13/h2-5,9H,6-8,14H2,1H3. The molecule has 1 fully saturated rings. The van der Waals surface area contributed by atoms with Gasteiger partial charge in [-0.25, -0.2) is 0 Å². The third-order valence-electron chi connectivity index (χ3n) is 3.36. The third-order valence-corrected chi connectivity index (χ3v) is 4.13. The Labute approximate surface area is 93.8 Å². The van der Waals surface area contributed by atoms with Gasteiger partial charge in [-0.05, 0) is 43.2 Å². The molecular formula is C12H16BrN. The van der Waals surface area contributed by atoms with Crippen LogP contribution in [0.25, 0.3) is 0 Å². The first kappa shape index (κ1) is 10.2. The summed E-state index contributed by atoms with van der Waals surface area (Å²) in [7, 11) is 0. The maximum absolute atomic E-state index is 6.02. The van der Waals surface area contributed by atoms with E-state index in [0.29, 0.717) is 11.5 Å². The van der Waals surface area contributed by atoms with Crippen molar-refractivity contribution in [2.45, 2.75) is 32.2 Å². The van der Waals surface area contributed by atoms with Gasteiger partial charge in [-0.2, -0.15) is 0 Å². The summed E-state index contributed by atoms with van der Waals surface area (Å²) in [5, 5.41) is 0. The van der Waals surface area contributed by atoms with E-state index in [9.17, 15) is 0 Å². The van der Waals surface area contributed by atoms with Gasteiger partial charge in [-0.1, -0.05) is 34.1 Å². The zero-order chi connectivity index (χ0) is 10.2. The van der Waals surface area contributed by atoms with Gasteiger partial charge in [0.05, 0.1) is 0 Å². The van der Waals surface area contributed by atoms with E-state index in [1.54, 1.807) is 0 Å². The van der Waals surface area contributed by atoms with E-state index in [4.69, 9.17) is 5.73 Å². The second-order valence-electron chi connectivity index (χ2n) is 4.42. The Balaban J connectivity index is 2.15. The molecule has 0 bridgehead atoms. The predicted molar refractivity (Wildman–Crippen MR) is 63.2 cm³/mol. The molecule has 0 saturated heterocycles. The number of nitrogens with two attached hydrogens (primary N) is 1. The van der Waals surface area contributed by atoms with Crippen LogP contribution in [0.5, 0.6) is 0 Å². The van der Waals surface area contributed by atoms with Crippen molar-refractivity contribution in [1.29, 1.82) is 0 Å². The van der Waals surface area contributed by atoms with Crippen molar-refractivity contribution in [3.63, 3.8) is 0 Å². The van der Waals surface area contributed by atoms with Gasteiger partial charge < -0.3 is 5.73 Å². The lowest BCUT2D eigenvalue weighted by atomic mass is 9.90. The molecule has 1 aromatic rings. The molecular weight excluding hydrogens is 238 g/mol. The lowest BCUT2D eigenvalue weighted by Crippen LogP contribution is -2.29. The summed E-state index contributed by atoms with van der Waals surface area (Å²) >= 11 is 3.59. The first-order chi connectivity index (χ1) is 6.64. The molecule has 0 amide bonds. The Morgan fingerprint density at radius 2 is 2.07 bits per heavy atom. The van der Waals surface area contributed by atoms with Gasteiger partial charge in [0.25, 0.3) is 0 Å². The van der Waals surface area contributed by atoms with Gasteiger partial charge in [0, 0.05) is 10.5 Å². The van der Waals surface area contributed by atoms with Crippen molar-refractivity contribution >= 4 is 15.9 Å². The largest absolute Gasteiger partial charge is 0.327 e. The molecule has 2 rings (SSSR count). The molecule has 2 heteroatoms.